The van der Waals surface area contributed by atoms with Gasteiger partial charge in [-0.3, -0.25) is 20.2 Å². The first-order chi connectivity index (χ1) is 18.9. The summed E-state index contributed by atoms with van der Waals surface area (Å²) in [5.41, 5.74) is 3.68. The third-order valence-corrected chi connectivity index (χ3v) is 7.05. The maximum Gasteiger partial charge on any atom is 0.416 e. The second kappa shape index (κ2) is 10.7. The zero-order valence-electron chi connectivity index (χ0n) is 20.7. The fourth-order valence-electron chi connectivity index (χ4n) is 4.93. The van der Waals surface area contributed by atoms with Crippen LogP contribution in [0.2, 0.25) is 5.02 Å². The summed E-state index contributed by atoms with van der Waals surface area (Å²) in [6.07, 6.45) is -7.12. The van der Waals surface area contributed by atoms with Crippen molar-refractivity contribution in [3.8, 4) is 0 Å². The Morgan fingerprint density at radius 2 is 1.65 bits per heavy atom. The minimum absolute atomic E-state index is 0.0562. The van der Waals surface area contributed by atoms with Crippen LogP contribution in [0.5, 0.6) is 0 Å². The summed E-state index contributed by atoms with van der Waals surface area (Å²) in [7, 11) is 0. The lowest BCUT2D eigenvalue weighted by Crippen LogP contribution is -2.40. The van der Waals surface area contributed by atoms with Crippen molar-refractivity contribution >= 4 is 23.2 Å². The first-order valence-electron chi connectivity index (χ1n) is 12.2. The molecule has 1 atom stereocenters. The molecule has 1 saturated heterocycles. The van der Waals surface area contributed by atoms with Gasteiger partial charge in [0.05, 0.1) is 29.4 Å². The Morgan fingerprint density at radius 3 is 2.27 bits per heavy atom. The fourth-order valence-corrected chi connectivity index (χ4v) is 5.19. The molecule has 1 fully saturated rings. The van der Waals surface area contributed by atoms with E-state index >= 15 is 0 Å². The number of rotatable bonds is 5. The van der Waals surface area contributed by atoms with Gasteiger partial charge >= 0.3 is 12.4 Å². The number of pyridine rings is 1. The number of carbonyl (C=O) groups excluding carboxylic acids is 1. The van der Waals surface area contributed by atoms with Crippen LogP contribution in [0.4, 0.5) is 26.3 Å². The van der Waals surface area contributed by atoms with Gasteiger partial charge in [-0.05, 0) is 60.4 Å². The third-order valence-electron chi connectivity index (χ3n) is 6.71. The van der Waals surface area contributed by atoms with E-state index in [-0.39, 0.29) is 29.1 Å². The molecule has 0 saturated carbocycles. The highest BCUT2D eigenvalue weighted by Crippen LogP contribution is 2.39. The molecule has 6 nitrogen and oxygen atoms in total. The van der Waals surface area contributed by atoms with Crippen molar-refractivity contribution < 1.29 is 31.1 Å². The number of carbonyl (C=O) groups is 1. The molecule has 1 unspecified atom stereocenters. The molecule has 2 aromatic carbocycles. The van der Waals surface area contributed by atoms with Gasteiger partial charge in [0.25, 0.3) is 5.91 Å². The Morgan fingerprint density at radius 1 is 0.975 bits per heavy atom. The summed E-state index contributed by atoms with van der Waals surface area (Å²) >= 11 is 6.41. The van der Waals surface area contributed by atoms with Crippen molar-refractivity contribution in [2.24, 2.45) is 0 Å². The molecule has 3 heterocycles. The molecule has 13 heteroatoms. The van der Waals surface area contributed by atoms with Crippen molar-refractivity contribution in [2.75, 3.05) is 6.54 Å². The first kappa shape index (κ1) is 27.8. The smallest absolute Gasteiger partial charge is 0.330 e. The van der Waals surface area contributed by atoms with Crippen LogP contribution in [-0.4, -0.2) is 27.3 Å². The van der Waals surface area contributed by atoms with E-state index < -0.39 is 35.9 Å². The minimum Gasteiger partial charge on any atom is -0.330 e. The number of hydrazine groups is 2. The molecular weight excluding hydrogens is 560 g/mol. The monoisotopic (exact) mass is 581 g/mol. The molecule has 0 bridgehead atoms. The van der Waals surface area contributed by atoms with Crippen LogP contribution >= 0.6 is 11.6 Å². The highest BCUT2D eigenvalue weighted by Gasteiger charge is 2.39. The number of amides is 1. The van der Waals surface area contributed by atoms with Crippen LogP contribution in [-0.2, 0) is 23.7 Å². The molecule has 5 rings (SSSR count). The molecule has 210 valence electrons. The average Bonchev–Trinajstić information content (AvgIpc) is 3.56. The number of nitrogens with zero attached hydrogens (tertiary/aromatic N) is 3. The van der Waals surface area contributed by atoms with E-state index in [1.54, 1.807) is 35.2 Å². The topological polar surface area (TPSA) is 60.5 Å². The number of alkyl halides is 6. The predicted octanol–water partition coefficient (Wildman–Crippen LogP) is 6.33. The largest absolute Gasteiger partial charge is 0.416 e. The summed E-state index contributed by atoms with van der Waals surface area (Å²) in [5, 5.41) is 1.78. The van der Waals surface area contributed by atoms with Crippen LogP contribution in [0.1, 0.15) is 46.8 Å². The SMILES string of the molecule is O=C(C1=C(c2ccccn2)N(Cc2cc(C(F)(F)F)cc(C(F)(F)F)c2)NN1)N1CCCC1c1ccccc1Cl. The number of hydrogen-bond donors (Lipinski definition) is 2. The molecule has 0 radical (unpaired) electrons. The van der Waals surface area contributed by atoms with Crippen LogP contribution in [0.3, 0.4) is 0 Å². The second-order valence-electron chi connectivity index (χ2n) is 9.35. The summed E-state index contributed by atoms with van der Waals surface area (Å²) in [5.74, 6) is -0.418. The Bertz CT molecular complexity index is 1410. The van der Waals surface area contributed by atoms with Crippen molar-refractivity contribution in [3.63, 3.8) is 0 Å². The van der Waals surface area contributed by atoms with Gasteiger partial charge in [-0.2, -0.15) is 26.3 Å². The molecule has 1 aromatic heterocycles. The first-order valence-corrected chi connectivity index (χ1v) is 12.6. The highest BCUT2D eigenvalue weighted by molar-refractivity contribution is 6.31. The van der Waals surface area contributed by atoms with E-state index in [9.17, 15) is 31.1 Å². The number of aromatic nitrogens is 1. The zero-order chi connectivity index (χ0) is 28.7. The number of hydrogen-bond acceptors (Lipinski definition) is 5. The standard InChI is InChI=1S/C27H22ClF6N5O/c28-20-7-2-1-6-19(20)22-9-5-11-38(22)25(40)23-24(21-8-3-4-10-35-21)39(37-36-23)15-16-12-17(26(29,30)31)14-18(13-16)27(32,33)34/h1-4,6-8,10,12-14,22,36-37H,5,9,11,15H2. The van der Waals surface area contributed by atoms with Crippen molar-refractivity contribution in [1.29, 1.82) is 0 Å². The lowest BCUT2D eigenvalue weighted by Gasteiger charge is -2.26. The molecule has 0 aliphatic carbocycles. The van der Waals surface area contributed by atoms with Crippen LogP contribution < -0.4 is 11.0 Å². The maximum atomic E-state index is 13.9. The highest BCUT2D eigenvalue weighted by atomic mass is 35.5. The van der Waals surface area contributed by atoms with Gasteiger partial charge < -0.3 is 4.90 Å². The van der Waals surface area contributed by atoms with Gasteiger partial charge in [-0.1, -0.05) is 35.9 Å². The molecule has 3 aromatic rings. The quantitative estimate of drug-likeness (QED) is 0.345. The van der Waals surface area contributed by atoms with E-state index in [1.807, 2.05) is 12.1 Å². The number of likely N-dealkylation sites (tertiary alicyclic amines) is 1. The van der Waals surface area contributed by atoms with E-state index in [4.69, 9.17) is 11.6 Å². The van der Waals surface area contributed by atoms with Crippen LogP contribution in [0.15, 0.2) is 72.6 Å². The predicted molar refractivity (Wildman–Crippen MR) is 135 cm³/mol. The van der Waals surface area contributed by atoms with Crippen LogP contribution in [0, 0.1) is 0 Å². The van der Waals surface area contributed by atoms with Gasteiger partial charge in [0.2, 0.25) is 0 Å². The Balaban J connectivity index is 1.53. The van der Waals surface area contributed by atoms with E-state index in [0.29, 0.717) is 35.8 Å². The van der Waals surface area contributed by atoms with Gasteiger partial charge in [-0.15, -0.1) is 5.53 Å². The van der Waals surface area contributed by atoms with Gasteiger partial charge in [0.15, 0.2) is 0 Å². The van der Waals surface area contributed by atoms with Crippen molar-refractivity contribution in [1.82, 2.24) is 25.9 Å². The number of nitrogens with one attached hydrogen (secondary N) is 2. The molecule has 40 heavy (non-hydrogen) atoms. The summed E-state index contributed by atoms with van der Waals surface area (Å²) < 4.78 is 80.7. The lowest BCUT2D eigenvalue weighted by molar-refractivity contribution is -0.143. The lowest BCUT2D eigenvalue weighted by atomic mass is 10.0. The minimum atomic E-state index is -4.99. The molecule has 2 aliphatic heterocycles. The van der Waals surface area contributed by atoms with E-state index in [2.05, 4.69) is 15.9 Å². The van der Waals surface area contributed by atoms with E-state index in [0.717, 1.165) is 12.0 Å². The molecular formula is C27H22ClF6N5O. The Kier molecular flexibility index (Phi) is 7.40. The van der Waals surface area contributed by atoms with Crippen LogP contribution in [0.25, 0.3) is 5.70 Å². The number of halogens is 7. The number of benzene rings is 2. The summed E-state index contributed by atoms with van der Waals surface area (Å²) in [6.45, 7) is -0.00536. The van der Waals surface area contributed by atoms with Gasteiger partial charge in [-0.25, -0.2) is 0 Å². The van der Waals surface area contributed by atoms with Crippen molar-refractivity contribution in [3.05, 3.63) is 106 Å². The van der Waals surface area contributed by atoms with Gasteiger partial charge in [0, 0.05) is 17.8 Å². The Hall–Kier alpha value is -3.77. The summed E-state index contributed by atoms with van der Waals surface area (Å²) in [6, 6.07) is 13.1. The fraction of sp³-hybridized carbons (Fsp3) is 0.259. The third kappa shape index (κ3) is 5.59. The van der Waals surface area contributed by atoms with E-state index in [1.165, 1.54) is 11.2 Å². The molecule has 1 amide bonds. The maximum absolute atomic E-state index is 13.9. The van der Waals surface area contributed by atoms with Gasteiger partial charge in [0.1, 0.15) is 11.4 Å². The normalized spacial score (nSPS) is 17.9. The zero-order valence-corrected chi connectivity index (χ0v) is 21.4. The van der Waals surface area contributed by atoms with Crippen molar-refractivity contribution in [2.45, 2.75) is 37.8 Å². The second-order valence-corrected chi connectivity index (χ2v) is 9.76. The average molecular weight is 582 g/mol. The summed E-state index contributed by atoms with van der Waals surface area (Å²) in [4.78, 5) is 19.8. The molecule has 2 N–H and O–H groups in total. The Labute approximate surface area is 230 Å². The molecule has 0 spiro atoms. The molecule has 2 aliphatic rings.